The number of nitrogens with zero attached hydrogens (tertiary/aromatic N) is 2. The van der Waals surface area contributed by atoms with Gasteiger partial charge in [-0.3, -0.25) is 0 Å². The summed E-state index contributed by atoms with van der Waals surface area (Å²) in [6.07, 6.45) is -4.40. The van der Waals surface area contributed by atoms with Gasteiger partial charge in [0.1, 0.15) is 17.5 Å². The van der Waals surface area contributed by atoms with Crippen LogP contribution in [0.1, 0.15) is 11.1 Å². The number of aromatic nitrogens is 2. The second-order valence-electron chi connectivity index (χ2n) is 6.59. The van der Waals surface area contributed by atoms with Crippen LogP contribution in [-0.2, 0) is 12.7 Å². The molecule has 0 aliphatic carbocycles. The Morgan fingerprint density at radius 1 is 0.833 bits per heavy atom. The number of benzene rings is 3. The minimum atomic E-state index is -4.40. The van der Waals surface area contributed by atoms with Crippen molar-refractivity contribution in [2.75, 3.05) is 5.32 Å². The van der Waals surface area contributed by atoms with Gasteiger partial charge in [0.2, 0.25) is 0 Å². The summed E-state index contributed by atoms with van der Waals surface area (Å²) in [5.41, 5.74) is 0.467. The molecule has 1 N–H and O–H groups in total. The highest BCUT2D eigenvalue weighted by Crippen LogP contribution is 2.30. The molecule has 0 bridgehead atoms. The molecule has 0 fully saturated rings. The minimum absolute atomic E-state index is 0.0414. The van der Waals surface area contributed by atoms with Gasteiger partial charge in [0.15, 0.2) is 5.82 Å². The number of hydrogen-bond donors (Lipinski definition) is 1. The first-order valence-electron chi connectivity index (χ1n) is 8.93. The molecule has 1 heterocycles. The summed E-state index contributed by atoms with van der Waals surface area (Å²) >= 11 is 0. The average Bonchev–Trinajstić information content (AvgIpc) is 2.71. The first-order chi connectivity index (χ1) is 14.3. The lowest BCUT2D eigenvalue weighted by Crippen LogP contribution is -2.07. The summed E-state index contributed by atoms with van der Waals surface area (Å²) in [7, 11) is 0. The van der Waals surface area contributed by atoms with Crippen molar-refractivity contribution >= 4 is 16.7 Å². The molecule has 0 saturated carbocycles. The fraction of sp³-hybridized carbons (Fsp3) is 0.0909. The zero-order valence-corrected chi connectivity index (χ0v) is 15.3. The highest BCUT2D eigenvalue weighted by atomic mass is 19.4. The number of rotatable bonds is 4. The van der Waals surface area contributed by atoms with Gasteiger partial charge in [-0.1, -0.05) is 24.3 Å². The van der Waals surface area contributed by atoms with Crippen LogP contribution < -0.4 is 5.32 Å². The molecular formula is C22H14F5N3. The molecule has 3 aromatic carbocycles. The van der Waals surface area contributed by atoms with E-state index in [0.717, 1.165) is 24.3 Å². The molecule has 0 aliphatic heterocycles. The third-order valence-electron chi connectivity index (χ3n) is 4.52. The molecule has 0 spiro atoms. The number of hydrogen-bond acceptors (Lipinski definition) is 3. The number of fused-ring (bicyclic) bond motifs is 1. The van der Waals surface area contributed by atoms with Crippen LogP contribution in [0.2, 0.25) is 0 Å². The van der Waals surface area contributed by atoms with Gasteiger partial charge in [0, 0.05) is 18.0 Å². The van der Waals surface area contributed by atoms with Gasteiger partial charge < -0.3 is 5.32 Å². The van der Waals surface area contributed by atoms with Crippen molar-refractivity contribution in [1.82, 2.24) is 9.97 Å². The maximum absolute atomic E-state index is 14.2. The molecule has 0 radical (unpaired) electrons. The van der Waals surface area contributed by atoms with E-state index in [1.165, 1.54) is 18.2 Å². The monoisotopic (exact) mass is 415 g/mol. The predicted molar refractivity (Wildman–Crippen MR) is 104 cm³/mol. The van der Waals surface area contributed by atoms with Crippen LogP contribution in [0, 0.1) is 11.6 Å². The van der Waals surface area contributed by atoms with E-state index in [4.69, 9.17) is 0 Å². The van der Waals surface area contributed by atoms with Crippen LogP contribution in [-0.4, -0.2) is 9.97 Å². The van der Waals surface area contributed by atoms with Crippen LogP contribution >= 0.6 is 0 Å². The van der Waals surface area contributed by atoms with Gasteiger partial charge in [-0.05, 0) is 42.0 Å². The summed E-state index contributed by atoms with van der Waals surface area (Å²) in [4.78, 5) is 8.72. The van der Waals surface area contributed by atoms with Gasteiger partial charge in [-0.25, -0.2) is 18.7 Å². The minimum Gasteiger partial charge on any atom is -0.365 e. The highest BCUT2D eigenvalue weighted by Gasteiger charge is 2.29. The summed E-state index contributed by atoms with van der Waals surface area (Å²) in [5, 5.41) is 3.74. The zero-order valence-electron chi connectivity index (χ0n) is 15.3. The average molecular weight is 415 g/mol. The number of anilines is 1. The van der Waals surface area contributed by atoms with Crippen molar-refractivity contribution in [3.05, 3.63) is 89.5 Å². The largest absolute Gasteiger partial charge is 0.416 e. The highest BCUT2D eigenvalue weighted by molar-refractivity contribution is 5.90. The smallest absolute Gasteiger partial charge is 0.365 e. The van der Waals surface area contributed by atoms with Crippen molar-refractivity contribution in [2.24, 2.45) is 0 Å². The Labute approximate surface area is 168 Å². The standard InChI is InChI=1S/C22H14F5N3/c23-15-9-10-16(18(24)11-15)21-29-19-4-2-1-3-17(19)20(30-21)28-12-13-5-7-14(8-6-13)22(25,26)27/h1-11H,12H2,(H,28,29,30). The second-order valence-corrected chi connectivity index (χ2v) is 6.59. The maximum atomic E-state index is 14.2. The molecule has 0 amide bonds. The normalized spacial score (nSPS) is 11.6. The van der Waals surface area contributed by atoms with Crippen LogP contribution in [0.4, 0.5) is 27.8 Å². The van der Waals surface area contributed by atoms with E-state index in [2.05, 4.69) is 15.3 Å². The summed E-state index contributed by atoms with van der Waals surface area (Å²) in [6.45, 7) is 0.199. The molecule has 1 aromatic heterocycles. The number of halogens is 5. The first kappa shape index (κ1) is 19.8. The fourth-order valence-corrected chi connectivity index (χ4v) is 3.00. The topological polar surface area (TPSA) is 37.8 Å². The molecule has 3 nitrogen and oxygen atoms in total. The first-order valence-corrected chi connectivity index (χ1v) is 8.93. The van der Waals surface area contributed by atoms with Crippen molar-refractivity contribution in [2.45, 2.75) is 12.7 Å². The van der Waals surface area contributed by atoms with Crippen LogP contribution in [0.5, 0.6) is 0 Å². The third kappa shape index (κ3) is 4.07. The summed E-state index contributed by atoms with van der Waals surface area (Å²) in [6, 6.07) is 14.9. The molecular weight excluding hydrogens is 401 g/mol. The van der Waals surface area contributed by atoms with E-state index in [1.54, 1.807) is 24.3 Å². The zero-order chi connectivity index (χ0) is 21.3. The molecule has 0 atom stereocenters. The van der Waals surface area contributed by atoms with Crippen LogP contribution in [0.3, 0.4) is 0 Å². The van der Waals surface area contributed by atoms with Gasteiger partial charge in [-0.15, -0.1) is 0 Å². The number of nitrogens with one attached hydrogen (secondary N) is 1. The second kappa shape index (κ2) is 7.70. The lowest BCUT2D eigenvalue weighted by atomic mass is 10.1. The van der Waals surface area contributed by atoms with Crippen LogP contribution in [0.25, 0.3) is 22.3 Å². The molecule has 8 heteroatoms. The van der Waals surface area contributed by atoms with Crippen molar-refractivity contribution in [3.8, 4) is 11.4 Å². The molecule has 0 saturated heterocycles. The molecule has 0 unspecified atom stereocenters. The SMILES string of the molecule is Fc1ccc(-c2nc(NCc3ccc(C(F)(F)F)cc3)c3ccccc3n2)c(F)c1. The number of para-hydroxylation sites is 1. The van der Waals surface area contributed by atoms with Crippen molar-refractivity contribution < 1.29 is 22.0 Å². The quantitative estimate of drug-likeness (QED) is 0.403. The Morgan fingerprint density at radius 3 is 2.27 bits per heavy atom. The predicted octanol–water partition coefficient (Wildman–Crippen LogP) is 6.21. The lowest BCUT2D eigenvalue weighted by molar-refractivity contribution is -0.137. The molecule has 0 aliphatic rings. The Morgan fingerprint density at radius 2 is 1.57 bits per heavy atom. The number of alkyl halides is 3. The molecule has 30 heavy (non-hydrogen) atoms. The maximum Gasteiger partial charge on any atom is 0.416 e. The van der Waals surface area contributed by atoms with E-state index >= 15 is 0 Å². The van der Waals surface area contributed by atoms with Gasteiger partial charge in [0.05, 0.1) is 16.6 Å². The van der Waals surface area contributed by atoms with Gasteiger partial charge in [-0.2, -0.15) is 13.2 Å². The van der Waals surface area contributed by atoms with Gasteiger partial charge in [0.25, 0.3) is 0 Å². The Bertz CT molecular complexity index is 1200. The third-order valence-corrected chi connectivity index (χ3v) is 4.52. The van der Waals surface area contributed by atoms with Crippen molar-refractivity contribution in [1.29, 1.82) is 0 Å². The van der Waals surface area contributed by atoms with E-state index in [-0.39, 0.29) is 17.9 Å². The molecule has 4 aromatic rings. The van der Waals surface area contributed by atoms with E-state index < -0.39 is 23.4 Å². The summed E-state index contributed by atoms with van der Waals surface area (Å²) < 4.78 is 65.6. The van der Waals surface area contributed by atoms with Crippen LogP contribution in [0.15, 0.2) is 66.7 Å². The molecule has 152 valence electrons. The molecule has 4 rings (SSSR count). The Hall–Kier alpha value is -3.55. The van der Waals surface area contributed by atoms with E-state index in [9.17, 15) is 22.0 Å². The Balaban J connectivity index is 1.68. The van der Waals surface area contributed by atoms with Crippen molar-refractivity contribution in [3.63, 3.8) is 0 Å². The fourth-order valence-electron chi connectivity index (χ4n) is 3.00. The lowest BCUT2D eigenvalue weighted by Gasteiger charge is -2.12. The Kier molecular flexibility index (Phi) is 5.07. The summed E-state index contributed by atoms with van der Waals surface area (Å²) in [5.74, 6) is -1.04. The van der Waals surface area contributed by atoms with E-state index in [0.29, 0.717) is 22.3 Å². The van der Waals surface area contributed by atoms with E-state index in [1.807, 2.05) is 0 Å². The van der Waals surface area contributed by atoms with Gasteiger partial charge >= 0.3 is 6.18 Å².